The van der Waals surface area contributed by atoms with Crippen molar-refractivity contribution >= 4 is 31.7 Å². The summed E-state index contributed by atoms with van der Waals surface area (Å²) >= 11 is 0. The molecule has 2 aliphatic heterocycles. The van der Waals surface area contributed by atoms with Crippen LogP contribution in [0.2, 0.25) is 0 Å². The van der Waals surface area contributed by atoms with E-state index in [1.165, 1.54) is 167 Å². The molecule has 1 saturated carbocycles. The molecule has 0 aromatic heterocycles. The number of esters is 4. The van der Waals surface area contributed by atoms with E-state index in [1.54, 1.807) is 0 Å². The Morgan fingerprint density at radius 2 is 0.658 bits per heavy atom. The van der Waals surface area contributed by atoms with Gasteiger partial charge in [-0.3, -0.25) is 28.2 Å². The number of hydrogen-bond acceptors (Lipinski definition) is 24. The molecule has 26 heteroatoms. The number of phosphoric acid groups is 1. The summed E-state index contributed by atoms with van der Waals surface area (Å²) in [6.45, 7) is 5.54. The molecule has 668 valence electrons. The van der Waals surface area contributed by atoms with Gasteiger partial charge >= 0.3 is 31.7 Å². The van der Waals surface area contributed by atoms with Crippen molar-refractivity contribution in [2.45, 2.75) is 485 Å². The largest absolute Gasteiger partial charge is 0.472 e. The zero-order valence-corrected chi connectivity index (χ0v) is 71.8. The maximum Gasteiger partial charge on any atom is 0.472 e. The lowest BCUT2D eigenvalue weighted by molar-refractivity contribution is -0.360. The van der Waals surface area contributed by atoms with Gasteiger partial charge in [-0.2, -0.15) is 0 Å². The van der Waals surface area contributed by atoms with Crippen LogP contribution in [0, 0.1) is 0 Å². The Labute approximate surface area is 685 Å². The van der Waals surface area contributed by atoms with Crippen molar-refractivity contribution in [1.29, 1.82) is 0 Å². The van der Waals surface area contributed by atoms with Gasteiger partial charge in [-0.15, -0.1) is 0 Å². The lowest BCUT2D eigenvalue weighted by Gasteiger charge is -2.50. The highest BCUT2D eigenvalue weighted by Gasteiger charge is 2.60. The highest BCUT2D eigenvalue weighted by Crippen LogP contribution is 2.49. The van der Waals surface area contributed by atoms with Crippen LogP contribution in [0.3, 0.4) is 0 Å². The van der Waals surface area contributed by atoms with Crippen LogP contribution >= 0.6 is 7.82 Å². The monoisotopic (exact) mass is 1650 g/mol. The molecule has 1 aliphatic carbocycles. The number of unbranched alkanes of at least 4 members (excludes halogenated alkanes) is 45. The van der Waals surface area contributed by atoms with Gasteiger partial charge in [-0.1, -0.05) is 302 Å². The number of aliphatic hydroxyl groups is 9. The van der Waals surface area contributed by atoms with Crippen LogP contribution < -0.4 is 0 Å². The lowest BCUT2D eigenvalue weighted by atomic mass is 9.84. The van der Waals surface area contributed by atoms with Crippen LogP contribution in [0.4, 0.5) is 0 Å². The minimum Gasteiger partial charge on any atom is -0.463 e. The van der Waals surface area contributed by atoms with Gasteiger partial charge in [-0.25, -0.2) is 4.57 Å². The van der Waals surface area contributed by atoms with Crippen molar-refractivity contribution in [3.05, 3.63) is 24.3 Å². The Kier molecular flexibility index (Phi) is 62.3. The second-order valence-electron chi connectivity index (χ2n) is 32.5. The van der Waals surface area contributed by atoms with E-state index in [0.29, 0.717) is 38.5 Å². The predicted molar refractivity (Wildman–Crippen MR) is 439 cm³/mol. The molecular weight excluding hydrogens is 1490 g/mol. The molecule has 114 heavy (non-hydrogen) atoms. The summed E-state index contributed by atoms with van der Waals surface area (Å²) < 4.78 is 73.2. The molecule has 0 amide bonds. The first-order valence-corrected chi connectivity index (χ1v) is 47.1. The first kappa shape index (κ1) is 105. The van der Waals surface area contributed by atoms with E-state index in [9.17, 15) is 74.6 Å². The Hall–Kier alpha value is -3.05. The minimum atomic E-state index is -5.81. The third-order valence-electron chi connectivity index (χ3n) is 22.2. The van der Waals surface area contributed by atoms with Crippen molar-refractivity contribution in [3.8, 4) is 0 Å². The van der Waals surface area contributed by atoms with E-state index in [-0.39, 0.29) is 25.7 Å². The molecule has 0 spiro atoms. The van der Waals surface area contributed by atoms with Crippen molar-refractivity contribution in [2.24, 2.45) is 0 Å². The van der Waals surface area contributed by atoms with Crippen LogP contribution in [0.1, 0.15) is 381 Å². The Morgan fingerprint density at radius 3 is 1.05 bits per heavy atom. The van der Waals surface area contributed by atoms with Gasteiger partial charge in [0, 0.05) is 25.7 Å². The van der Waals surface area contributed by atoms with Crippen molar-refractivity contribution < 1.29 is 122 Å². The summed E-state index contributed by atoms with van der Waals surface area (Å²) in [5.74, 6) is -3.00. The average molecular weight is 1650 g/mol. The second-order valence-corrected chi connectivity index (χ2v) is 33.9. The van der Waals surface area contributed by atoms with E-state index >= 15 is 0 Å². The number of aliphatic hydroxyl groups excluding tert-OH is 9. The summed E-state index contributed by atoms with van der Waals surface area (Å²) in [6.07, 6.45) is 26.2. The summed E-state index contributed by atoms with van der Waals surface area (Å²) in [5.41, 5.74) is 0. The van der Waals surface area contributed by atoms with E-state index in [1.807, 2.05) is 0 Å². The van der Waals surface area contributed by atoms with Crippen LogP contribution in [0.5, 0.6) is 0 Å². The molecule has 0 radical (unpaired) electrons. The zero-order valence-electron chi connectivity index (χ0n) is 70.9. The summed E-state index contributed by atoms with van der Waals surface area (Å²) in [6, 6.07) is 0. The fraction of sp³-hybridized carbons (Fsp3) is 0.909. The smallest absolute Gasteiger partial charge is 0.463 e. The molecular formula is C88H161O25P. The average Bonchev–Trinajstić information content (AvgIpc) is 0.755. The quantitative estimate of drug-likeness (QED) is 0.00889. The number of carbonyl (C=O) groups excluding carboxylic acids is 4. The molecule has 0 aromatic carbocycles. The fourth-order valence-electron chi connectivity index (χ4n) is 14.9. The standard InChI is InChI=1S/C88H161O25P/c1-5-9-13-17-21-25-29-33-34-35-39-43-47-51-55-59-63-74(93)110-83-79(98)80(99)84(111-87-81(100)77(96)75(94)69(64-89)108-87)86(85(83)112-88-82(101)78(97)76(95)70(109-88)67-105-72(91)61-57-53-49-45-41-37-31-27-23-19-15-11-7-3)113-114(102,103)106-66-68(107-73(92)62-58-54-50-46-42-38-32-28-24-20-16-12-8-4)65-104-71(90)60-56-52-48-44-40-36-30-26-22-18-14-10-6-2/h36,38,40,42,68-70,75-89,94-101H,5-35,37,39,41,43-67H2,1-4H3,(H,102,103)/b40-36-,42-38-. The molecule has 10 N–H and O–H groups in total. The summed E-state index contributed by atoms with van der Waals surface area (Å²) in [4.78, 5) is 66.3. The molecule has 2 heterocycles. The number of hydrogen-bond donors (Lipinski definition) is 10. The number of ether oxygens (including phenoxy) is 8. The van der Waals surface area contributed by atoms with E-state index in [4.69, 9.17) is 46.9 Å². The normalized spacial score (nSPS) is 25.5. The van der Waals surface area contributed by atoms with Crippen molar-refractivity contribution in [3.63, 3.8) is 0 Å². The van der Waals surface area contributed by atoms with Gasteiger partial charge in [0.15, 0.2) is 24.8 Å². The molecule has 3 fully saturated rings. The van der Waals surface area contributed by atoms with Crippen molar-refractivity contribution in [1.82, 2.24) is 0 Å². The van der Waals surface area contributed by atoms with Crippen molar-refractivity contribution in [2.75, 3.05) is 26.4 Å². The number of rotatable bonds is 73. The van der Waals surface area contributed by atoms with Crippen LogP contribution in [0.15, 0.2) is 24.3 Å². The van der Waals surface area contributed by atoms with E-state index in [2.05, 4.69) is 52.0 Å². The molecule has 18 atom stereocenters. The predicted octanol–water partition coefficient (Wildman–Crippen LogP) is 16.2. The minimum absolute atomic E-state index is 0.0111. The van der Waals surface area contributed by atoms with Gasteiger partial charge in [0.05, 0.1) is 13.2 Å². The van der Waals surface area contributed by atoms with Gasteiger partial charge in [0.25, 0.3) is 0 Å². The van der Waals surface area contributed by atoms with E-state index in [0.717, 1.165) is 122 Å². The first-order valence-electron chi connectivity index (χ1n) is 45.6. The maximum absolute atomic E-state index is 14.9. The number of allylic oxidation sites excluding steroid dienone is 4. The molecule has 0 bridgehead atoms. The molecule has 3 aliphatic rings. The number of carbonyl (C=O) groups is 4. The zero-order chi connectivity index (χ0) is 83.2. The SMILES string of the molecule is CCCCCCCC/C=C\CCCCCC(=O)OCC(COP(=O)(O)OC1C(OC2OC(CO)C(O)C(O)C2O)C(O)C(O)C(OC(=O)CCCCCCCCCCCCCCCCCC)C1OC1OC(COC(=O)CCCCCCCCCCCCCCC)C(O)C(O)C1O)OC(=O)CCCCC/C=C\CCCCCCCC. The third kappa shape index (κ3) is 47.8. The van der Waals surface area contributed by atoms with Gasteiger partial charge in [-0.05, 0) is 77.0 Å². The number of phosphoric ester groups is 1. The maximum atomic E-state index is 14.9. The second kappa shape index (κ2) is 67.6. The topological polar surface area (TPSA) is 380 Å². The first-order chi connectivity index (χ1) is 55.2. The molecule has 2 saturated heterocycles. The van der Waals surface area contributed by atoms with Gasteiger partial charge < -0.3 is 88.7 Å². The lowest BCUT2D eigenvalue weighted by Crippen LogP contribution is -2.70. The summed E-state index contributed by atoms with van der Waals surface area (Å²) in [7, 11) is -5.81. The van der Waals surface area contributed by atoms with Gasteiger partial charge in [0.2, 0.25) is 0 Å². The Morgan fingerprint density at radius 1 is 0.342 bits per heavy atom. The third-order valence-corrected chi connectivity index (χ3v) is 23.2. The highest BCUT2D eigenvalue weighted by atomic mass is 31.2. The van der Waals surface area contributed by atoms with E-state index < -0.39 is 162 Å². The molecule has 25 nitrogen and oxygen atoms in total. The van der Waals surface area contributed by atoms with Crippen LogP contribution in [-0.2, 0) is 70.7 Å². The summed E-state index contributed by atoms with van der Waals surface area (Å²) in [5, 5.41) is 102. The highest BCUT2D eigenvalue weighted by molar-refractivity contribution is 7.47. The van der Waals surface area contributed by atoms with Gasteiger partial charge in [0.1, 0.15) is 92.6 Å². The van der Waals surface area contributed by atoms with Crippen LogP contribution in [-0.4, -0.2) is 205 Å². The Bertz CT molecular complexity index is 2480. The Balaban J connectivity index is 1.94. The molecule has 18 unspecified atom stereocenters. The molecule has 3 rings (SSSR count). The fourth-order valence-corrected chi connectivity index (χ4v) is 15.9. The van der Waals surface area contributed by atoms with Crippen LogP contribution in [0.25, 0.3) is 0 Å². The molecule has 0 aromatic rings.